The summed E-state index contributed by atoms with van der Waals surface area (Å²) in [5.41, 5.74) is 4.71. The number of thioether (sulfide) groups is 1. The first-order chi connectivity index (χ1) is 9.81. The molecule has 1 unspecified atom stereocenters. The molecule has 2 heterocycles. The highest BCUT2D eigenvalue weighted by atomic mass is 32.2. The molecule has 0 amide bonds. The lowest BCUT2D eigenvalue weighted by Gasteiger charge is -2.32. The lowest BCUT2D eigenvalue weighted by atomic mass is 9.77. The first-order valence-corrected chi connectivity index (χ1v) is 9.94. The van der Waals surface area contributed by atoms with Crippen molar-refractivity contribution in [3.8, 4) is 0 Å². The molecule has 1 aromatic heterocycles. The summed E-state index contributed by atoms with van der Waals surface area (Å²) < 4.78 is 0. The van der Waals surface area contributed by atoms with Crippen LogP contribution in [0.1, 0.15) is 60.4 Å². The molecule has 3 rings (SSSR count). The molecule has 2 aliphatic rings. The van der Waals surface area contributed by atoms with E-state index >= 15 is 0 Å². The van der Waals surface area contributed by atoms with Crippen molar-refractivity contribution in [2.24, 2.45) is 17.7 Å². The van der Waals surface area contributed by atoms with Gasteiger partial charge < -0.3 is 0 Å². The second-order valence-electron chi connectivity index (χ2n) is 6.23. The number of aryl methyl sites for hydroxylation is 1. The quantitative estimate of drug-likeness (QED) is 0.644. The maximum absolute atomic E-state index is 5.91. The van der Waals surface area contributed by atoms with Crippen molar-refractivity contribution in [3.05, 3.63) is 21.4 Å². The number of thiophene rings is 1. The van der Waals surface area contributed by atoms with Gasteiger partial charge >= 0.3 is 0 Å². The van der Waals surface area contributed by atoms with Crippen LogP contribution in [0.15, 0.2) is 6.07 Å². The van der Waals surface area contributed by atoms with Crippen molar-refractivity contribution in [1.82, 2.24) is 5.43 Å². The van der Waals surface area contributed by atoms with Crippen LogP contribution in [0.4, 0.5) is 0 Å². The Balaban J connectivity index is 1.71. The highest BCUT2D eigenvalue weighted by Gasteiger charge is 2.29. The zero-order valence-electron chi connectivity index (χ0n) is 12.4. The van der Waals surface area contributed by atoms with Gasteiger partial charge in [-0.05, 0) is 48.5 Å². The molecule has 3 N–H and O–H groups in total. The van der Waals surface area contributed by atoms with Crippen LogP contribution in [0.2, 0.25) is 0 Å². The first-order valence-electron chi connectivity index (χ1n) is 7.97. The topological polar surface area (TPSA) is 38.0 Å². The van der Waals surface area contributed by atoms with Gasteiger partial charge in [0.15, 0.2) is 0 Å². The van der Waals surface area contributed by atoms with Crippen LogP contribution >= 0.6 is 23.1 Å². The van der Waals surface area contributed by atoms with Gasteiger partial charge in [-0.25, -0.2) is 0 Å². The van der Waals surface area contributed by atoms with Crippen molar-refractivity contribution in [2.75, 3.05) is 5.75 Å². The predicted molar refractivity (Wildman–Crippen MR) is 90.0 cm³/mol. The Morgan fingerprint density at radius 2 is 2.15 bits per heavy atom. The Bertz CT molecular complexity index is 412. The largest absolute Gasteiger partial charge is 0.271 e. The summed E-state index contributed by atoms with van der Waals surface area (Å²) in [6, 6.07) is 2.82. The van der Waals surface area contributed by atoms with Gasteiger partial charge in [0.05, 0.1) is 6.04 Å². The van der Waals surface area contributed by atoms with Gasteiger partial charge in [0.2, 0.25) is 0 Å². The molecular weight excluding hydrogens is 284 g/mol. The van der Waals surface area contributed by atoms with Gasteiger partial charge in [-0.3, -0.25) is 11.3 Å². The number of nitrogens with one attached hydrogen (secondary N) is 1. The van der Waals surface area contributed by atoms with Gasteiger partial charge in [-0.2, -0.15) is 11.8 Å². The number of rotatable bonds is 4. The number of hydrogen-bond donors (Lipinski definition) is 2. The van der Waals surface area contributed by atoms with Gasteiger partial charge in [0.1, 0.15) is 0 Å². The van der Waals surface area contributed by atoms with Gasteiger partial charge in [-0.15, -0.1) is 11.3 Å². The number of hydrogen-bond acceptors (Lipinski definition) is 4. The van der Waals surface area contributed by atoms with Crippen molar-refractivity contribution < 1.29 is 0 Å². The normalized spacial score (nSPS) is 28.1. The van der Waals surface area contributed by atoms with Gasteiger partial charge in [0.25, 0.3) is 0 Å². The highest BCUT2D eigenvalue weighted by molar-refractivity contribution is 7.98. The summed E-state index contributed by atoms with van der Waals surface area (Å²) in [7, 11) is 0. The van der Waals surface area contributed by atoms with E-state index in [1.165, 1.54) is 54.9 Å². The van der Waals surface area contributed by atoms with Crippen molar-refractivity contribution in [1.29, 1.82) is 0 Å². The third-order valence-corrected chi connectivity index (χ3v) is 7.40. The van der Waals surface area contributed by atoms with Gasteiger partial charge in [-0.1, -0.05) is 26.2 Å². The molecule has 20 heavy (non-hydrogen) atoms. The average molecular weight is 311 g/mol. The van der Waals surface area contributed by atoms with Crippen molar-refractivity contribution in [3.63, 3.8) is 0 Å². The van der Waals surface area contributed by atoms with Crippen molar-refractivity contribution in [2.45, 2.75) is 57.2 Å². The molecule has 0 spiro atoms. The smallest absolute Gasteiger partial charge is 0.0581 e. The van der Waals surface area contributed by atoms with Crippen LogP contribution in [0, 0.1) is 11.8 Å². The molecule has 0 aromatic carbocycles. The molecule has 1 atom stereocenters. The van der Waals surface area contributed by atoms with Crippen LogP contribution in [-0.4, -0.2) is 5.75 Å². The minimum atomic E-state index is 0.383. The zero-order valence-corrected chi connectivity index (χ0v) is 14.0. The minimum Gasteiger partial charge on any atom is -0.271 e. The van der Waals surface area contributed by atoms with E-state index in [4.69, 9.17) is 5.84 Å². The SMILES string of the molecule is CCC1CCC(C(NN)c2cc3c(s2)CCSC3)CC1. The first kappa shape index (κ1) is 14.9. The second-order valence-corrected chi connectivity index (χ2v) is 8.51. The Kier molecular flexibility index (Phi) is 5.08. The third-order valence-electron chi connectivity index (χ3n) is 5.07. The zero-order chi connectivity index (χ0) is 13.9. The highest BCUT2D eigenvalue weighted by Crippen LogP contribution is 2.41. The molecular formula is C16H26N2S2. The maximum atomic E-state index is 5.91. The van der Waals surface area contributed by atoms with E-state index in [0.717, 1.165) is 11.8 Å². The molecule has 1 fully saturated rings. The summed E-state index contributed by atoms with van der Waals surface area (Å²) in [6.07, 6.45) is 8.05. The molecule has 0 radical (unpaired) electrons. The lowest BCUT2D eigenvalue weighted by molar-refractivity contribution is 0.221. The van der Waals surface area contributed by atoms with E-state index in [9.17, 15) is 0 Å². The Morgan fingerprint density at radius 3 is 2.80 bits per heavy atom. The number of fused-ring (bicyclic) bond motifs is 1. The standard InChI is InChI=1S/C16H26N2S2/c1-2-11-3-5-12(6-4-11)16(18-17)15-9-13-10-19-8-7-14(13)20-15/h9,11-12,16,18H,2-8,10,17H2,1H3. The van der Waals surface area contributed by atoms with Crippen molar-refractivity contribution >= 4 is 23.1 Å². The average Bonchev–Trinajstić information content (AvgIpc) is 2.92. The molecule has 1 aliphatic heterocycles. The fourth-order valence-corrected chi connectivity index (χ4v) is 6.23. The predicted octanol–water partition coefficient (Wildman–Crippen LogP) is 4.26. The Morgan fingerprint density at radius 1 is 1.35 bits per heavy atom. The monoisotopic (exact) mass is 310 g/mol. The molecule has 2 nitrogen and oxygen atoms in total. The van der Waals surface area contributed by atoms with E-state index in [1.54, 1.807) is 10.4 Å². The summed E-state index contributed by atoms with van der Waals surface area (Å²) in [5, 5.41) is 0. The molecule has 0 bridgehead atoms. The fraction of sp³-hybridized carbons (Fsp3) is 0.750. The summed E-state index contributed by atoms with van der Waals surface area (Å²) in [5.74, 6) is 10.1. The van der Waals surface area contributed by atoms with E-state index < -0.39 is 0 Å². The van der Waals surface area contributed by atoms with E-state index in [-0.39, 0.29) is 0 Å². The third kappa shape index (κ3) is 3.08. The minimum absolute atomic E-state index is 0.383. The Hall–Kier alpha value is -0.0300. The number of nitrogens with two attached hydrogens (primary N) is 1. The fourth-order valence-electron chi connectivity index (χ4n) is 3.70. The molecule has 1 saturated carbocycles. The molecule has 1 aromatic rings. The molecule has 4 heteroatoms. The maximum Gasteiger partial charge on any atom is 0.0581 e. The Labute approximate surface area is 130 Å². The van der Waals surface area contributed by atoms with E-state index in [2.05, 4.69) is 30.2 Å². The van der Waals surface area contributed by atoms with Crippen LogP contribution < -0.4 is 11.3 Å². The molecule has 112 valence electrons. The lowest BCUT2D eigenvalue weighted by Crippen LogP contribution is -2.34. The summed E-state index contributed by atoms with van der Waals surface area (Å²) in [4.78, 5) is 3.10. The summed E-state index contributed by atoms with van der Waals surface area (Å²) in [6.45, 7) is 2.33. The number of hydrazine groups is 1. The molecule has 1 aliphatic carbocycles. The van der Waals surface area contributed by atoms with Crippen LogP contribution in [0.3, 0.4) is 0 Å². The van der Waals surface area contributed by atoms with E-state index in [1.807, 2.05) is 11.3 Å². The second kappa shape index (κ2) is 6.82. The summed E-state index contributed by atoms with van der Waals surface area (Å²) >= 11 is 4.08. The van der Waals surface area contributed by atoms with Gasteiger partial charge in [0, 0.05) is 15.5 Å². The van der Waals surface area contributed by atoms with Crippen LogP contribution in [0.5, 0.6) is 0 Å². The molecule has 0 saturated heterocycles. The van der Waals surface area contributed by atoms with Crippen LogP contribution in [0.25, 0.3) is 0 Å². The van der Waals surface area contributed by atoms with E-state index in [0.29, 0.717) is 6.04 Å². The van der Waals surface area contributed by atoms with Crippen LogP contribution in [-0.2, 0) is 12.2 Å².